The Morgan fingerprint density at radius 1 is 1.33 bits per heavy atom. The molecule has 0 atom stereocenters. The first kappa shape index (κ1) is 8.89. The van der Waals surface area contributed by atoms with Gasteiger partial charge in [0, 0.05) is 18.2 Å². The summed E-state index contributed by atoms with van der Waals surface area (Å²) < 4.78 is 13.5. The minimum atomic E-state index is -0.175. The molecule has 0 spiro atoms. The van der Waals surface area contributed by atoms with Crippen LogP contribution in [0.3, 0.4) is 0 Å². The molecule has 15 heavy (non-hydrogen) atoms. The standard InChI is InChI=1S/C12H12FNO/c13-11-3-1-2-8-6-12(15)14(7-10(8)11)9-4-5-9/h1-3,9H,4-7H2. The first-order chi connectivity index (χ1) is 7.25. The molecule has 2 aliphatic rings. The summed E-state index contributed by atoms with van der Waals surface area (Å²) in [5, 5.41) is 0. The Kier molecular flexibility index (Phi) is 1.81. The van der Waals surface area contributed by atoms with Gasteiger partial charge in [0.2, 0.25) is 5.91 Å². The fourth-order valence-corrected chi connectivity index (χ4v) is 2.19. The molecule has 1 aromatic carbocycles. The number of fused-ring (bicyclic) bond motifs is 1. The van der Waals surface area contributed by atoms with Crippen LogP contribution < -0.4 is 0 Å². The number of nitrogens with zero attached hydrogens (tertiary/aromatic N) is 1. The van der Waals surface area contributed by atoms with E-state index in [1.165, 1.54) is 6.07 Å². The SMILES string of the molecule is O=C1Cc2cccc(F)c2CN1C1CC1. The van der Waals surface area contributed by atoms with E-state index in [0.29, 0.717) is 24.6 Å². The molecule has 0 saturated heterocycles. The summed E-state index contributed by atoms with van der Waals surface area (Å²) in [4.78, 5) is 13.6. The molecular formula is C12H12FNO. The Morgan fingerprint density at radius 2 is 2.13 bits per heavy atom. The molecular weight excluding hydrogens is 193 g/mol. The van der Waals surface area contributed by atoms with Gasteiger partial charge in [-0.3, -0.25) is 4.79 Å². The van der Waals surface area contributed by atoms with Crippen LogP contribution in [0, 0.1) is 5.82 Å². The number of amides is 1. The number of halogens is 1. The van der Waals surface area contributed by atoms with E-state index >= 15 is 0 Å². The summed E-state index contributed by atoms with van der Waals surface area (Å²) in [6.45, 7) is 0.464. The van der Waals surface area contributed by atoms with Crippen LogP contribution in [0.4, 0.5) is 4.39 Å². The van der Waals surface area contributed by atoms with Crippen molar-refractivity contribution in [3.8, 4) is 0 Å². The van der Waals surface area contributed by atoms with E-state index in [1.54, 1.807) is 6.07 Å². The second-order valence-corrected chi connectivity index (χ2v) is 4.31. The molecule has 1 heterocycles. The lowest BCUT2D eigenvalue weighted by atomic mass is 9.98. The summed E-state index contributed by atoms with van der Waals surface area (Å²) in [6.07, 6.45) is 2.52. The Morgan fingerprint density at radius 3 is 2.87 bits per heavy atom. The molecule has 0 aromatic heterocycles. The van der Waals surface area contributed by atoms with E-state index in [0.717, 1.165) is 18.4 Å². The predicted molar refractivity (Wildman–Crippen MR) is 53.7 cm³/mol. The van der Waals surface area contributed by atoms with E-state index in [1.807, 2.05) is 11.0 Å². The van der Waals surface area contributed by atoms with E-state index in [4.69, 9.17) is 0 Å². The highest BCUT2D eigenvalue weighted by molar-refractivity contribution is 5.81. The van der Waals surface area contributed by atoms with Crippen molar-refractivity contribution < 1.29 is 9.18 Å². The van der Waals surface area contributed by atoms with E-state index in [-0.39, 0.29) is 11.7 Å². The highest BCUT2D eigenvalue weighted by atomic mass is 19.1. The maximum atomic E-state index is 13.5. The summed E-state index contributed by atoms with van der Waals surface area (Å²) in [5.74, 6) is -0.0266. The summed E-state index contributed by atoms with van der Waals surface area (Å²) in [7, 11) is 0. The van der Waals surface area contributed by atoms with Crippen molar-refractivity contribution in [2.24, 2.45) is 0 Å². The lowest BCUT2D eigenvalue weighted by Crippen LogP contribution is -2.38. The Labute approximate surface area is 87.7 Å². The van der Waals surface area contributed by atoms with Gasteiger partial charge >= 0.3 is 0 Å². The molecule has 1 fully saturated rings. The van der Waals surface area contributed by atoms with Crippen LogP contribution in [0.25, 0.3) is 0 Å². The zero-order valence-corrected chi connectivity index (χ0v) is 8.37. The zero-order chi connectivity index (χ0) is 10.4. The van der Waals surface area contributed by atoms with Gasteiger partial charge in [0.05, 0.1) is 6.42 Å². The number of carbonyl (C=O) groups is 1. The molecule has 0 unspecified atom stereocenters. The van der Waals surface area contributed by atoms with Crippen molar-refractivity contribution in [1.82, 2.24) is 4.90 Å². The van der Waals surface area contributed by atoms with Crippen LogP contribution in [0.2, 0.25) is 0 Å². The van der Waals surface area contributed by atoms with E-state index in [2.05, 4.69) is 0 Å². The van der Waals surface area contributed by atoms with Gasteiger partial charge in [-0.2, -0.15) is 0 Å². The summed E-state index contributed by atoms with van der Waals surface area (Å²) in [5.41, 5.74) is 1.57. The van der Waals surface area contributed by atoms with Crippen LogP contribution in [0.15, 0.2) is 18.2 Å². The average molecular weight is 205 g/mol. The molecule has 1 saturated carbocycles. The molecule has 0 bridgehead atoms. The van der Waals surface area contributed by atoms with Crippen molar-refractivity contribution in [2.75, 3.05) is 0 Å². The molecule has 2 nitrogen and oxygen atoms in total. The maximum Gasteiger partial charge on any atom is 0.227 e. The number of rotatable bonds is 1. The zero-order valence-electron chi connectivity index (χ0n) is 8.37. The van der Waals surface area contributed by atoms with E-state index in [9.17, 15) is 9.18 Å². The highest BCUT2D eigenvalue weighted by Gasteiger charge is 2.36. The monoisotopic (exact) mass is 205 g/mol. The second-order valence-electron chi connectivity index (χ2n) is 4.31. The van der Waals surface area contributed by atoms with Gasteiger partial charge in [0.25, 0.3) is 0 Å². The number of hydrogen-bond donors (Lipinski definition) is 0. The molecule has 0 radical (unpaired) electrons. The van der Waals surface area contributed by atoms with Crippen LogP contribution >= 0.6 is 0 Å². The van der Waals surface area contributed by atoms with Crippen molar-refractivity contribution in [2.45, 2.75) is 31.8 Å². The number of hydrogen-bond acceptors (Lipinski definition) is 1. The molecule has 1 amide bonds. The minimum absolute atomic E-state index is 0.149. The van der Waals surface area contributed by atoms with Gasteiger partial charge in [-0.25, -0.2) is 4.39 Å². The molecule has 1 aliphatic heterocycles. The summed E-state index contributed by atoms with van der Waals surface area (Å²) >= 11 is 0. The van der Waals surface area contributed by atoms with Gasteiger partial charge in [-0.05, 0) is 24.5 Å². The maximum absolute atomic E-state index is 13.5. The number of benzene rings is 1. The highest BCUT2D eigenvalue weighted by Crippen LogP contribution is 2.32. The van der Waals surface area contributed by atoms with Crippen molar-refractivity contribution in [3.63, 3.8) is 0 Å². The van der Waals surface area contributed by atoms with Gasteiger partial charge in [0.1, 0.15) is 5.82 Å². The van der Waals surface area contributed by atoms with Gasteiger partial charge in [0.15, 0.2) is 0 Å². The van der Waals surface area contributed by atoms with Crippen LogP contribution in [-0.4, -0.2) is 16.8 Å². The van der Waals surface area contributed by atoms with Gasteiger partial charge in [-0.1, -0.05) is 12.1 Å². The predicted octanol–water partition coefficient (Wildman–Crippen LogP) is 1.87. The van der Waals surface area contributed by atoms with Crippen molar-refractivity contribution >= 4 is 5.91 Å². The van der Waals surface area contributed by atoms with E-state index < -0.39 is 0 Å². The van der Waals surface area contributed by atoms with Gasteiger partial charge < -0.3 is 4.90 Å². The van der Waals surface area contributed by atoms with Crippen LogP contribution in [0.5, 0.6) is 0 Å². The van der Waals surface area contributed by atoms with Crippen molar-refractivity contribution in [3.05, 3.63) is 35.1 Å². The lowest BCUT2D eigenvalue weighted by molar-refractivity contribution is -0.132. The Bertz CT molecular complexity index is 426. The number of carbonyl (C=O) groups excluding carboxylic acids is 1. The second kappa shape index (κ2) is 3.05. The Hall–Kier alpha value is -1.38. The Balaban J connectivity index is 1.99. The fraction of sp³-hybridized carbons (Fsp3) is 0.417. The molecule has 78 valence electrons. The summed E-state index contributed by atoms with van der Waals surface area (Å²) in [6, 6.07) is 5.37. The third-order valence-corrected chi connectivity index (χ3v) is 3.19. The first-order valence-corrected chi connectivity index (χ1v) is 5.31. The molecule has 3 rings (SSSR count). The van der Waals surface area contributed by atoms with Crippen LogP contribution in [-0.2, 0) is 17.8 Å². The molecule has 3 heteroatoms. The topological polar surface area (TPSA) is 20.3 Å². The average Bonchev–Trinajstić information content (AvgIpc) is 3.01. The minimum Gasteiger partial charge on any atom is -0.335 e. The third-order valence-electron chi connectivity index (χ3n) is 3.19. The van der Waals surface area contributed by atoms with Crippen molar-refractivity contribution in [1.29, 1.82) is 0 Å². The van der Waals surface area contributed by atoms with Crippen LogP contribution in [0.1, 0.15) is 24.0 Å². The first-order valence-electron chi connectivity index (χ1n) is 5.31. The smallest absolute Gasteiger partial charge is 0.227 e. The quantitative estimate of drug-likeness (QED) is 0.685. The molecule has 1 aliphatic carbocycles. The lowest BCUT2D eigenvalue weighted by Gasteiger charge is -2.28. The molecule has 0 N–H and O–H groups in total. The van der Waals surface area contributed by atoms with Gasteiger partial charge in [-0.15, -0.1) is 0 Å². The third kappa shape index (κ3) is 1.42. The normalized spacial score (nSPS) is 20.3. The molecule has 1 aromatic rings. The largest absolute Gasteiger partial charge is 0.335 e. The fourth-order valence-electron chi connectivity index (χ4n) is 2.19.